The van der Waals surface area contributed by atoms with Crippen molar-refractivity contribution < 1.29 is 27.3 Å². The summed E-state index contributed by atoms with van der Waals surface area (Å²) in [5, 5.41) is 7.08. The first-order valence-electron chi connectivity index (χ1n) is 10.4. The summed E-state index contributed by atoms with van der Waals surface area (Å²) >= 11 is 0. The molecular weight excluding hydrogens is 454 g/mol. The van der Waals surface area contributed by atoms with E-state index in [0.29, 0.717) is 13.1 Å². The molecule has 2 aliphatic rings. The maximum Gasteiger partial charge on any atom is 0.408 e. The van der Waals surface area contributed by atoms with Crippen molar-refractivity contribution in [2.24, 2.45) is 0 Å². The van der Waals surface area contributed by atoms with Crippen LogP contribution in [0.3, 0.4) is 0 Å². The van der Waals surface area contributed by atoms with E-state index in [-0.39, 0.29) is 12.2 Å². The summed E-state index contributed by atoms with van der Waals surface area (Å²) < 4.78 is 52.7. The number of hydrogen-bond donors (Lipinski definition) is 1. The smallest absolute Gasteiger partial charge is 0.408 e. The van der Waals surface area contributed by atoms with Gasteiger partial charge in [-0.3, -0.25) is 0 Å². The van der Waals surface area contributed by atoms with Gasteiger partial charge in [0.05, 0.1) is 24.9 Å². The van der Waals surface area contributed by atoms with Crippen molar-refractivity contribution in [1.82, 2.24) is 19.4 Å². The Bertz CT molecular complexity index is 1100. The third kappa shape index (κ3) is 5.25. The molecule has 2 aromatic rings. The molecule has 3 atom stereocenters. The van der Waals surface area contributed by atoms with Gasteiger partial charge >= 0.3 is 6.09 Å². The minimum atomic E-state index is -1.23. The van der Waals surface area contributed by atoms with Crippen LogP contribution in [0.4, 0.5) is 13.6 Å². The molecule has 2 aliphatic heterocycles. The average Bonchev–Trinajstić information content (AvgIpc) is 3.28. The second-order valence-electron chi connectivity index (χ2n) is 9.01. The molecule has 33 heavy (non-hydrogen) atoms. The number of ether oxygens (including phenoxy) is 2. The molecule has 0 bridgehead atoms. The first-order chi connectivity index (χ1) is 15.5. The Labute approximate surface area is 193 Å². The Kier molecular flexibility index (Phi) is 6.28. The number of amides is 1. The van der Waals surface area contributed by atoms with Gasteiger partial charge < -0.3 is 19.7 Å². The van der Waals surface area contributed by atoms with E-state index in [1.165, 1.54) is 4.09 Å². The van der Waals surface area contributed by atoms with Crippen LogP contribution in [0.25, 0.3) is 0 Å². The van der Waals surface area contributed by atoms with Crippen LogP contribution in [0, 0.1) is 11.6 Å². The molecule has 1 N–H and O–H groups in total. The number of hydrogen-bond acceptors (Lipinski definition) is 6. The molecule has 1 amide bonds. The summed E-state index contributed by atoms with van der Waals surface area (Å²) in [6.07, 6.45) is 3.45. The van der Waals surface area contributed by atoms with Crippen LogP contribution >= 0.6 is 0 Å². The van der Waals surface area contributed by atoms with Gasteiger partial charge in [-0.2, -0.15) is 9.19 Å². The fourth-order valence-corrected chi connectivity index (χ4v) is 4.35. The Morgan fingerprint density at radius 3 is 2.73 bits per heavy atom. The van der Waals surface area contributed by atoms with E-state index in [1.807, 2.05) is 4.90 Å². The third-order valence-corrected chi connectivity index (χ3v) is 6.00. The molecule has 3 heterocycles. The second kappa shape index (κ2) is 8.86. The Hall–Kier alpha value is -2.79. The SMILES string of the molecule is CS(=O)n1cc2c(n1)CN(C1=CC(NC(=O)OC(C)(C)C)[C@@H](c3cc(F)ccc3F)OC1)C2. The fraction of sp³-hybridized carbons (Fsp3) is 0.455. The molecule has 1 aromatic carbocycles. The molecule has 4 rings (SSSR count). The molecule has 1 aromatic heterocycles. The van der Waals surface area contributed by atoms with E-state index in [4.69, 9.17) is 9.47 Å². The second-order valence-corrected chi connectivity index (χ2v) is 10.2. The van der Waals surface area contributed by atoms with Crippen molar-refractivity contribution in [2.75, 3.05) is 12.9 Å². The first kappa shape index (κ1) is 23.4. The third-order valence-electron chi connectivity index (χ3n) is 5.28. The van der Waals surface area contributed by atoms with Crippen LogP contribution in [0.2, 0.25) is 0 Å². The van der Waals surface area contributed by atoms with Crippen molar-refractivity contribution in [1.29, 1.82) is 0 Å². The predicted octanol–water partition coefficient (Wildman–Crippen LogP) is 3.17. The number of nitrogens with one attached hydrogen (secondary N) is 1. The number of nitrogens with zero attached hydrogens (tertiary/aromatic N) is 3. The molecule has 8 nitrogen and oxygen atoms in total. The highest BCUT2D eigenvalue weighted by molar-refractivity contribution is 7.82. The van der Waals surface area contributed by atoms with E-state index >= 15 is 0 Å². The van der Waals surface area contributed by atoms with E-state index < -0.39 is 46.5 Å². The minimum absolute atomic E-state index is 0.0119. The highest BCUT2D eigenvalue weighted by Crippen LogP contribution is 2.34. The highest BCUT2D eigenvalue weighted by atomic mass is 32.2. The molecule has 0 saturated carbocycles. The number of halogens is 2. The summed E-state index contributed by atoms with van der Waals surface area (Å²) in [7, 11) is -1.23. The van der Waals surface area contributed by atoms with Crippen LogP contribution < -0.4 is 5.32 Å². The Balaban J connectivity index is 1.59. The Morgan fingerprint density at radius 2 is 2.06 bits per heavy atom. The van der Waals surface area contributed by atoms with Crippen LogP contribution in [-0.2, 0) is 33.5 Å². The lowest BCUT2D eigenvalue weighted by Gasteiger charge is -2.35. The van der Waals surface area contributed by atoms with Crippen molar-refractivity contribution in [3.05, 3.63) is 64.6 Å². The lowest BCUT2D eigenvalue weighted by atomic mass is 9.98. The number of fused-ring (bicyclic) bond motifs is 1. The lowest BCUT2D eigenvalue weighted by molar-refractivity contribution is 0.0122. The molecular formula is C22H26F2N4O4S. The number of alkyl carbamates (subject to hydrolysis) is 1. The standard InChI is InChI=1S/C22H26F2N4O4S/c1-22(2,3)32-21(29)25-18-8-15(12-31-20(18)16-7-14(23)5-6-17(16)24)27-9-13-10-28(33(4)30)26-19(13)11-27/h5-8,10,18,20H,9,11-12H2,1-4H3,(H,25,29)/t18?,20-,33?/m1/s1. The van der Waals surface area contributed by atoms with Gasteiger partial charge in [0, 0.05) is 35.8 Å². The first-order valence-corrected chi connectivity index (χ1v) is 11.9. The zero-order valence-electron chi connectivity index (χ0n) is 18.8. The van der Waals surface area contributed by atoms with E-state index in [0.717, 1.165) is 35.2 Å². The highest BCUT2D eigenvalue weighted by Gasteiger charge is 2.35. The normalized spacial score (nSPS) is 21.4. The maximum atomic E-state index is 14.5. The molecule has 0 fully saturated rings. The van der Waals surface area contributed by atoms with Gasteiger partial charge in [-0.05, 0) is 45.0 Å². The molecule has 2 unspecified atom stereocenters. The van der Waals surface area contributed by atoms with E-state index in [2.05, 4.69) is 10.4 Å². The van der Waals surface area contributed by atoms with Crippen molar-refractivity contribution in [2.45, 2.75) is 51.6 Å². The molecule has 11 heteroatoms. The molecule has 0 radical (unpaired) electrons. The van der Waals surface area contributed by atoms with Gasteiger partial charge in [0.15, 0.2) is 0 Å². The van der Waals surface area contributed by atoms with Gasteiger partial charge in [-0.25, -0.2) is 17.8 Å². The van der Waals surface area contributed by atoms with Crippen molar-refractivity contribution in [3.8, 4) is 0 Å². The lowest BCUT2D eigenvalue weighted by Crippen LogP contribution is -2.45. The predicted molar refractivity (Wildman–Crippen MR) is 117 cm³/mol. The molecule has 0 spiro atoms. The zero-order chi connectivity index (χ0) is 23.9. The summed E-state index contributed by atoms with van der Waals surface area (Å²) in [4.78, 5) is 14.5. The van der Waals surface area contributed by atoms with Gasteiger partial charge in [0.1, 0.15) is 34.3 Å². The van der Waals surface area contributed by atoms with Crippen LogP contribution in [0.1, 0.15) is 43.7 Å². The van der Waals surface area contributed by atoms with Gasteiger partial charge in [0.25, 0.3) is 0 Å². The van der Waals surface area contributed by atoms with Crippen molar-refractivity contribution in [3.63, 3.8) is 0 Å². The molecule has 0 aliphatic carbocycles. The van der Waals surface area contributed by atoms with Crippen LogP contribution in [-0.4, -0.2) is 48.9 Å². The Morgan fingerprint density at radius 1 is 1.30 bits per heavy atom. The number of carbonyl (C=O) groups excluding carboxylic acids is 1. The quantitative estimate of drug-likeness (QED) is 0.724. The van der Waals surface area contributed by atoms with Crippen molar-refractivity contribution >= 4 is 17.1 Å². The monoisotopic (exact) mass is 480 g/mol. The minimum Gasteiger partial charge on any atom is -0.444 e. The summed E-state index contributed by atoms with van der Waals surface area (Å²) in [5.41, 5.74) is 1.81. The summed E-state index contributed by atoms with van der Waals surface area (Å²) in [6, 6.07) is 2.34. The summed E-state index contributed by atoms with van der Waals surface area (Å²) in [5.74, 6) is -1.23. The van der Waals surface area contributed by atoms with Gasteiger partial charge in [0.2, 0.25) is 0 Å². The van der Waals surface area contributed by atoms with E-state index in [9.17, 15) is 17.8 Å². The molecule has 178 valence electrons. The number of rotatable bonds is 4. The largest absolute Gasteiger partial charge is 0.444 e. The van der Waals surface area contributed by atoms with Gasteiger partial charge in [-0.1, -0.05) is 0 Å². The topological polar surface area (TPSA) is 85.7 Å². The summed E-state index contributed by atoms with van der Waals surface area (Å²) in [6.45, 7) is 6.35. The van der Waals surface area contributed by atoms with Crippen LogP contribution in [0.15, 0.2) is 36.2 Å². The average molecular weight is 481 g/mol. The fourth-order valence-electron chi connectivity index (χ4n) is 3.86. The number of aromatic nitrogens is 2. The van der Waals surface area contributed by atoms with Gasteiger partial charge in [-0.15, -0.1) is 0 Å². The number of carbonyl (C=O) groups is 1. The maximum absolute atomic E-state index is 14.5. The van der Waals surface area contributed by atoms with E-state index in [1.54, 1.807) is 39.3 Å². The van der Waals surface area contributed by atoms with Crippen LogP contribution in [0.5, 0.6) is 0 Å². The number of benzene rings is 1. The zero-order valence-corrected chi connectivity index (χ0v) is 19.6. The molecule has 0 saturated heterocycles.